The number of nitrogens with zero attached hydrogens (tertiary/aromatic N) is 2. The SMILES string of the molecule is C#CCC(N)c1nc(-c2cc3ccccc3o2)no1. The summed E-state index contributed by atoms with van der Waals surface area (Å²) in [4.78, 5) is 4.20. The Morgan fingerprint density at radius 3 is 3.00 bits per heavy atom. The average Bonchev–Trinajstić information content (AvgIpc) is 3.05. The Morgan fingerprint density at radius 1 is 1.37 bits per heavy atom. The van der Waals surface area contributed by atoms with Crippen molar-refractivity contribution in [3.8, 4) is 23.9 Å². The van der Waals surface area contributed by atoms with Crippen LogP contribution >= 0.6 is 0 Å². The van der Waals surface area contributed by atoms with Crippen molar-refractivity contribution in [2.75, 3.05) is 0 Å². The fourth-order valence-electron chi connectivity index (χ4n) is 1.79. The lowest BCUT2D eigenvalue weighted by molar-refractivity contribution is 0.356. The first-order chi connectivity index (χ1) is 9.28. The number of terminal acetylenes is 1. The van der Waals surface area contributed by atoms with Crippen molar-refractivity contribution in [2.45, 2.75) is 12.5 Å². The second kappa shape index (κ2) is 4.59. The second-order valence-corrected chi connectivity index (χ2v) is 4.12. The van der Waals surface area contributed by atoms with Crippen molar-refractivity contribution in [3.63, 3.8) is 0 Å². The molecule has 1 atom stereocenters. The van der Waals surface area contributed by atoms with E-state index in [2.05, 4.69) is 16.1 Å². The highest BCUT2D eigenvalue weighted by Gasteiger charge is 2.17. The first kappa shape index (κ1) is 11.5. The van der Waals surface area contributed by atoms with Crippen LogP contribution in [-0.2, 0) is 0 Å². The Morgan fingerprint density at radius 2 is 2.21 bits per heavy atom. The fourth-order valence-corrected chi connectivity index (χ4v) is 1.79. The number of para-hydroxylation sites is 1. The molecule has 0 bridgehead atoms. The Bertz CT molecular complexity index is 718. The topological polar surface area (TPSA) is 78.1 Å². The molecule has 0 fully saturated rings. The molecular weight excluding hydrogens is 242 g/mol. The van der Waals surface area contributed by atoms with Gasteiger partial charge in [-0.1, -0.05) is 23.4 Å². The number of fused-ring (bicyclic) bond motifs is 1. The van der Waals surface area contributed by atoms with Gasteiger partial charge in [0.05, 0.1) is 6.04 Å². The van der Waals surface area contributed by atoms with Gasteiger partial charge >= 0.3 is 0 Å². The lowest BCUT2D eigenvalue weighted by Gasteiger charge is -1.98. The third-order valence-electron chi connectivity index (χ3n) is 2.74. The quantitative estimate of drug-likeness (QED) is 0.725. The largest absolute Gasteiger partial charge is 0.453 e. The highest BCUT2D eigenvalue weighted by atomic mass is 16.5. The van der Waals surface area contributed by atoms with E-state index in [4.69, 9.17) is 21.1 Å². The molecule has 19 heavy (non-hydrogen) atoms. The molecule has 1 aromatic carbocycles. The maximum absolute atomic E-state index is 5.80. The summed E-state index contributed by atoms with van der Waals surface area (Å²) in [5.41, 5.74) is 6.58. The minimum atomic E-state index is -0.448. The Balaban J connectivity index is 1.96. The summed E-state index contributed by atoms with van der Waals surface area (Å²) >= 11 is 0. The molecule has 3 rings (SSSR count). The lowest BCUT2D eigenvalue weighted by Crippen LogP contribution is -2.09. The summed E-state index contributed by atoms with van der Waals surface area (Å²) in [5, 5.41) is 4.84. The van der Waals surface area contributed by atoms with Crippen LogP contribution in [0.1, 0.15) is 18.4 Å². The average molecular weight is 253 g/mol. The summed E-state index contributed by atoms with van der Waals surface area (Å²) in [6.45, 7) is 0. The minimum Gasteiger partial charge on any atom is -0.453 e. The van der Waals surface area contributed by atoms with Gasteiger partial charge in [0.2, 0.25) is 11.7 Å². The molecule has 2 N–H and O–H groups in total. The van der Waals surface area contributed by atoms with Crippen LogP contribution in [0.25, 0.3) is 22.6 Å². The van der Waals surface area contributed by atoms with E-state index in [1.54, 1.807) is 0 Å². The zero-order valence-electron chi connectivity index (χ0n) is 10.0. The maximum atomic E-state index is 5.80. The van der Waals surface area contributed by atoms with Gasteiger partial charge in [-0.2, -0.15) is 4.98 Å². The molecule has 0 saturated carbocycles. The fraction of sp³-hybridized carbons (Fsp3) is 0.143. The van der Waals surface area contributed by atoms with Gasteiger partial charge in [0.1, 0.15) is 5.58 Å². The van der Waals surface area contributed by atoms with E-state index < -0.39 is 6.04 Å². The zero-order valence-corrected chi connectivity index (χ0v) is 10.0. The number of aromatic nitrogens is 2. The Labute approximate surface area is 109 Å². The van der Waals surface area contributed by atoms with E-state index in [0.29, 0.717) is 23.9 Å². The van der Waals surface area contributed by atoms with Crippen molar-refractivity contribution in [3.05, 3.63) is 36.2 Å². The number of hydrogen-bond acceptors (Lipinski definition) is 5. The Hall–Kier alpha value is -2.58. The van der Waals surface area contributed by atoms with Crippen LogP contribution in [0.4, 0.5) is 0 Å². The number of benzene rings is 1. The van der Waals surface area contributed by atoms with Crippen molar-refractivity contribution in [1.29, 1.82) is 0 Å². The van der Waals surface area contributed by atoms with E-state index >= 15 is 0 Å². The second-order valence-electron chi connectivity index (χ2n) is 4.12. The lowest BCUT2D eigenvalue weighted by atomic mass is 10.2. The maximum Gasteiger partial charge on any atom is 0.244 e. The molecule has 94 valence electrons. The minimum absolute atomic E-state index is 0.313. The van der Waals surface area contributed by atoms with Gasteiger partial charge in [-0.25, -0.2) is 0 Å². The molecule has 0 aliphatic rings. The molecule has 2 aromatic heterocycles. The van der Waals surface area contributed by atoms with Crippen molar-refractivity contribution >= 4 is 11.0 Å². The molecule has 0 spiro atoms. The monoisotopic (exact) mass is 253 g/mol. The highest BCUT2D eigenvalue weighted by molar-refractivity contribution is 5.81. The molecule has 0 amide bonds. The van der Waals surface area contributed by atoms with Gasteiger partial charge in [-0.05, 0) is 12.1 Å². The standard InChI is InChI=1S/C14H11N3O2/c1-2-5-10(15)14-16-13(17-19-14)12-8-9-6-3-4-7-11(9)18-12/h1,3-4,6-8,10H,5,15H2. The van der Waals surface area contributed by atoms with E-state index in [1.807, 2.05) is 30.3 Å². The Kier molecular flexibility index (Phi) is 2.78. The molecule has 0 saturated heterocycles. The molecule has 0 aliphatic heterocycles. The smallest absolute Gasteiger partial charge is 0.244 e. The van der Waals surface area contributed by atoms with Crippen LogP contribution in [0, 0.1) is 12.3 Å². The molecule has 2 heterocycles. The molecule has 0 aliphatic carbocycles. The molecule has 5 nitrogen and oxygen atoms in total. The third kappa shape index (κ3) is 2.09. The predicted octanol–water partition coefficient (Wildman–Crippen LogP) is 2.51. The van der Waals surface area contributed by atoms with Crippen LogP contribution < -0.4 is 5.73 Å². The molecule has 1 unspecified atom stereocenters. The van der Waals surface area contributed by atoms with Crippen LogP contribution in [0.2, 0.25) is 0 Å². The number of hydrogen-bond donors (Lipinski definition) is 1. The summed E-state index contributed by atoms with van der Waals surface area (Å²) in [6.07, 6.45) is 5.55. The number of rotatable bonds is 3. The van der Waals surface area contributed by atoms with Gasteiger partial charge in [-0.15, -0.1) is 12.3 Å². The van der Waals surface area contributed by atoms with Gasteiger partial charge in [0, 0.05) is 11.8 Å². The third-order valence-corrected chi connectivity index (χ3v) is 2.74. The summed E-state index contributed by atoms with van der Waals surface area (Å²) in [7, 11) is 0. The van der Waals surface area contributed by atoms with Crippen LogP contribution in [0.15, 0.2) is 39.3 Å². The van der Waals surface area contributed by atoms with E-state index in [0.717, 1.165) is 11.0 Å². The van der Waals surface area contributed by atoms with Crippen LogP contribution in [0.5, 0.6) is 0 Å². The first-order valence-electron chi connectivity index (χ1n) is 5.79. The zero-order chi connectivity index (χ0) is 13.2. The van der Waals surface area contributed by atoms with Gasteiger partial charge < -0.3 is 14.7 Å². The summed E-state index contributed by atoms with van der Waals surface area (Å²) < 4.78 is 10.7. The van der Waals surface area contributed by atoms with Gasteiger partial charge in [0.25, 0.3) is 0 Å². The molecule has 3 aromatic rings. The van der Waals surface area contributed by atoms with Crippen molar-refractivity contribution in [1.82, 2.24) is 10.1 Å². The van der Waals surface area contributed by atoms with Gasteiger partial charge in [-0.3, -0.25) is 0 Å². The first-order valence-corrected chi connectivity index (χ1v) is 5.79. The summed E-state index contributed by atoms with van der Waals surface area (Å²) in [5.74, 6) is 3.69. The number of furan rings is 1. The van der Waals surface area contributed by atoms with Crippen LogP contribution in [0.3, 0.4) is 0 Å². The summed E-state index contributed by atoms with van der Waals surface area (Å²) in [6, 6.07) is 9.08. The highest BCUT2D eigenvalue weighted by Crippen LogP contribution is 2.26. The molecule has 0 radical (unpaired) electrons. The van der Waals surface area contributed by atoms with E-state index in [-0.39, 0.29) is 0 Å². The van der Waals surface area contributed by atoms with Gasteiger partial charge in [0.15, 0.2) is 5.76 Å². The number of nitrogens with two attached hydrogens (primary N) is 1. The van der Waals surface area contributed by atoms with Crippen molar-refractivity contribution < 1.29 is 8.94 Å². The molecule has 5 heteroatoms. The van der Waals surface area contributed by atoms with E-state index in [9.17, 15) is 0 Å². The van der Waals surface area contributed by atoms with Crippen LogP contribution in [-0.4, -0.2) is 10.1 Å². The van der Waals surface area contributed by atoms with Crippen molar-refractivity contribution in [2.24, 2.45) is 5.73 Å². The van der Waals surface area contributed by atoms with E-state index in [1.165, 1.54) is 0 Å². The normalized spacial score (nSPS) is 12.4. The predicted molar refractivity (Wildman–Crippen MR) is 69.9 cm³/mol. The molecular formula is C14H11N3O2.